The van der Waals surface area contributed by atoms with Gasteiger partial charge in [-0.15, -0.1) is 0 Å². The maximum absolute atomic E-state index is 12.9. The minimum absolute atomic E-state index is 0.0268. The highest BCUT2D eigenvalue weighted by atomic mass is 31.2. The number of carbonyl (C=O) groups is 2. The van der Waals surface area contributed by atoms with E-state index in [-0.39, 0.29) is 32.0 Å². The molecule has 0 saturated carbocycles. The fourth-order valence-electron chi connectivity index (χ4n) is 12.0. The first-order chi connectivity index (χ1) is 48.0. The molecular formula is C88H159NO8P+. The highest BCUT2D eigenvalue weighted by Gasteiger charge is 2.27. The van der Waals surface area contributed by atoms with E-state index < -0.39 is 26.5 Å². The van der Waals surface area contributed by atoms with Crippen LogP contribution in [0.3, 0.4) is 0 Å². The topological polar surface area (TPSA) is 108 Å². The van der Waals surface area contributed by atoms with Crippen molar-refractivity contribution in [3.8, 4) is 0 Å². The molecule has 2 unspecified atom stereocenters. The van der Waals surface area contributed by atoms with E-state index >= 15 is 0 Å². The van der Waals surface area contributed by atoms with E-state index in [4.69, 9.17) is 18.5 Å². The predicted octanol–water partition coefficient (Wildman–Crippen LogP) is 28.0. The van der Waals surface area contributed by atoms with Gasteiger partial charge in [-0.2, -0.15) is 0 Å². The summed E-state index contributed by atoms with van der Waals surface area (Å²) in [6, 6.07) is 0. The number of hydrogen-bond donors (Lipinski definition) is 1. The Labute approximate surface area is 607 Å². The number of phosphoric ester groups is 1. The van der Waals surface area contributed by atoms with E-state index in [2.05, 4.69) is 123 Å². The standard InChI is InChI=1S/C88H158NO8P/c1-6-8-10-12-14-16-18-20-22-24-26-28-30-32-34-36-38-40-41-42-43-44-45-46-47-49-50-52-54-56-58-60-62-64-66-68-70-72-74-76-78-80-87(90)94-84-86(85-96-98(92,93)95-83-82-89(3,4)5)97-88(91)81-79-77-75-73-71-69-67-65-63-61-59-57-55-53-51-48-39-37-35-33-31-29-27-25-23-21-19-17-15-13-11-9-7-2/h9,11,15,17,21,23-24,26-27,29,33,35,39,48,53,55,59,61,86H,6-8,10,12-14,16,18-20,22,25,28,30-32,34,36-38,40-47,49-52,54,56-58,60,62-85H2,1-5H3/p+1/b11-9-,17-15-,23-21-,26-24-,29-27-,35-33-,48-39-,55-53-,61-59-. The maximum atomic E-state index is 12.9. The van der Waals surface area contributed by atoms with Gasteiger partial charge in [-0.05, 0) is 103 Å². The molecule has 0 aliphatic heterocycles. The zero-order valence-corrected chi connectivity index (χ0v) is 65.9. The fourth-order valence-corrected chi connectivity index (χ4v) is 12.7. The van der Waals surface area contributed by atoms with Crippen LogP contribution in [-0.4, -0.2) is 74.9 Å². The van der Waals surface area contributed by atoms with Gasteiger partial charge in [0, 0.05) is 12.8 Å². The Morgan fingerprint density at radius 2 is 0.582 bits per heavy atom. The molecule has 0 radical (unpaired) electrons. The minimum Gasteiger partial charge on any atom is -0.462 e. The van der Waals surface area contributed by atoms with Crippen LogP contribution in [0.4, 0.5) is 0 Å². The van der Waals surface area contributed by atoms with E-state index in [1.54, 1.807) is 0 Å². The lowest BCUT2D eigenvalue weighted by molar-refractivity contribution is -0.870. The summed E-state index contributed by atoms with van der Waals surface area (Å²) in [4.78, 5) is 36.0. The van der Waals surface area contributed by atoms with Crippen LogP contribution in [-0.2, 0) is 32.7 Å². The number of nitrogens with zero attached hydrogens (tertiary/aromatic N) is 1. The van der Waals surface area contributed by atoms with Crippen molar-refractivity contribution in [3.05, 3.63) is 109 Å². The number of allylic oxidation sites excluding steroid dienone is 18. The Kier molecular flexibility index (Phi) is 75.2. The number of rotatable bonds is 77. The van der Waals surface area contributed by atoms with Gasteiger partial charge >= 0.3 is 19.8 Å². The molecule has 0 amide bonds. The summed E-state index contributed by atoms with van der Waals surface area (Å²) in [5.74, 6) is -0.797. The molecule has 10 heteroatoms. The summed E-state index contributed by atoms with van der Waals surface area (Å²) in [5, 5.41) is 0. The highest BCUT2D eigenvalue weighted by Crippen LogP contribution is 2.43. The predicted molar refractivity (Wildman–Crippen MR) is 427 cm³/mol. The van der Waals surface area contributed by atoms with Gasteiger partial charge in [0.15, 0.2) is 6.10 Å². The monoisotopic (exact) mass is 1390 g/mol. The summed E-state index contributed by atoms with van der Waals surface area (Å²) in [6.07, 6.45) is 111. The van der Waals surface area contributed by atoms with E-state index in [1.807, 2.05) is 21.1 Å². The van der Waals surface area contributed by atoms with E-state index in [1.165, 1.54) is 257 Å². The molecule has 0 aliphatic carbocycles. The van der Waals surface area contributed by atoms with Crippen molar-refractivity contribution in [1.29, 1.82) is 0 Å². The Morgan fingerprint density at radius 3 is 0.878 bits per heavy atom. The lowest BCUT2D eigenvalue weighted by Crippen LogP contribution is -2.37. The van der Waals surface area contributed by atoms with Gasteiger partial charge in [0.05, 0.1) is 27.7 Å². The lowest BCUT2D eigenvalue weighted by atomic mass is 10.0. The number of ether oxygens (including phenoxy) is 2. The largest absolute Gasteiger partial charge is 0.472 e. The summed E-state index contributed by atoms with van der Waals surface area (Å²) in [5.41, 5.74) is 0. The molecule has 0 aromatic heterocycles. The average Bonchev–Trinajstić information content (AvgIpc) is 1.08. The summed E-state index contributed by atoms with van der Waals surface area (Å²) in [6.45, 7) is 4.35. The number of unbranched alkanes of at least 4 members (excludes halogenated alkanes) is 45. The number of likely N-dealkylation sites (N-methyl/N-ethyl adjacent to an activating group) is 1. The van der Waals surface area contributed by atoms with Gasteiger partial charge in [-0.3, -0.25) is 18.6 Å². The Balaban J connectivity index is 3.94. The van der Waals surface area contributed by atoms with E-state index in [9.17, 15) is 19.0 Å². The Bertz CT molecular complexity index is 2030. The third-order valence-electron chi connectivity index (χ3n) is 18.3. The second kappa shape index (κ2) is 77.8. The molecule has 0 fully saturated rings. The van der Waals surface area contributed by atoms with Crippen molar-refractivity contribution in [2.45, 2.75) is 392 Å². The van der Waals surface area contributed by atoms with Crippen LogP contribution < -0.4 is 0 Å². The van der Waals surface area contributed by atoms with Crippen molar-refractivity contribution in [2.75, 3.05) is 47.5 Å². The van der Waals surface area contributed by atoms with Crippen molar-refractivity contribution in [2.24, 2.45) is 0 Å². The van der Waals surface area contributed by atoms with Gasteiger partial charge in [0.2, 0.25) is 0 Å². The van der Waals surface area contributed by atoms with E-state index in [0.29, 0.717) is 17.4 Å². The zero-order chi connectivity index (χ0) is 71.1. The van der Waals surface area contributed by atoms with Crippen LogP contribution in [0.15, 0.2) is 109 Å². The molecular weight excluding hydrogens is 1230 g/mol. The second-order valence-corrected chi connectivity index (χ2v) is 30.6. The molecule has 0 aliphatic rings. The molecule has 0 aromatic rings. The molecule has 0 aromatic carbocycles. The molecule has 0 rings (SSSR count). The van der Waals surface area contributed by atoms with Gasteiger partial charge in [-0.1, -0.05) is 380 Å². The Hall–Kier alpha value is -3.33. The first-order valence-corrected chi connectivity index (χ1v) is 43.1. The molecule has 0 saturated heterocycles. The van der Waals surface area contributed by atoms with Crippen LogP contribution >= 0.6 is 7.82 Å². The quantitative estimate of drug-likeness (QED) is 0.0211. The van der Waals surface area contributed by atoms with Crippen LogP contribution in [0.5, 0.6) is 0 Å². The number of phosphoric acid groups is 1. The first kappa shape index (κ1) is 94.7. The molecule has 1 N–H and O–H groups in total. The summed E-state index contributed by atoms with van der Waals surface area (Å²) in [7, 11) is 1.47. The normalized spacial score (nSPS) is 13.6. The number of carbonyl (C=O) groups excluding carboxylic acids is 2. The van der Waals surface area contributed by atoms with Gasteiger partial charge in [-0.25, -0.2) is 4.57 Å². The van der Waals surface area contributed by atoms with Gasteiger partial charge in [0.1, 0.15) is 19.8 Å². The molecule has 568 valence electrons. The van der Waals surface area contributed by atoms with E-state index in [0.717, 1.165) is 96.3 Å². The number of quaternary nitrogens is 1. The SMILES string of the molecule is CC/C=C\C/C=C\C/C=C\C/C=C\C/C=C\C/C=C\C/C=C\C/C=C\CCCCCCCCCCC(=O)OC(COC(=O)CCCCCCCCCCCCCCCCCCCCCCCCCCCCCCC/C=C\CCCCCCCCCC)COP(=O)(O)OCC[N+](C)(C)C. The van der Waals surface area contributed by atoms with Gasteiger partial charge in [0.25, 0.3) is 0 Å². The van der Waals surface area contributed by atoms with Crippen molar-refractivity contribution >= 4 is 19.8 Å². The zero-order valence-electron chi connectivity index (χ0n) is 65.0. The Morgan fingerprint density at radius 1 is 0.327 bits per heavy atom. The van der Waals surface area contributed by atoms with Crippen LogP contribution in [0.2, 0.25) is 0 Å². The number of hydrogen-bond acceptors (Lipinski definition) is 7. The molecule has 0 heterocycles. The molecule has 0 spiro atoms. The summed E-state index contributed by atoms with van der Waals surface area (Å²) < 4.78 is 34.8. The smallest absolute Gasteiger partial charge is 0.462 e. The number of esters is 2. The molecule has 0 bridgehead atoms. The van der Waals surface area contributed by atoms with Crippen LogP contribution in [0.1, 0.15) is 386 Å². The minimum atomic E-state index is -4.40. The fraction of sp³-hybridized carbons (Fsp3) is 0.773. The lowest BCUT2D eigenvalue weighted by Gasteiger charge is -2.24. The highest BCUT2D eigenvalue weighted by molar-refractivity contribution is 7.47. The first-order valence-electron chi connectivity index (χ1n) is 41.6. The van der Waals surface area contributed by atoms with Crippen molar-refractivity contribution < 1.29 is 42.1 Å². The van der Waals surface area contributed by atoms with Crippen molar-refractivity contribution in [3.63, 3.8) is 0 Å². The third kappa shape index (κ3) is 81.6. The van der Waals surface area contributed by atoms with Gasteiger partial charge < -0.3 is 18.9 Å². The molecule has 9 nitrogen and oxygen atoms in total. The third-order valence-corrected chi connectivity index (χ3v) is 19.3. The molecule has 2 atom stereocenters. The molecule has 98 heavy (non-hydrogen) atoms. The average molecular weight is 1390 g/mol. The second-order valence-electron chi connectivity index (χ2n) is 29.1. The maximum Gasteiger partial charge on any atom is 0.472 e. The van der Waals surface area contributed by atoms with Crippen LogP contribution in [0, 0.1) is 0 Å². The van der Waals surface area contributed by atoms with Crippen LogP contribution in [0.25, 0.3) is 0 Å². The van der Waals surface area contributed by atoms with Crippen molar-refractivity contribution in [1.82, 2.24) is 0 Å². The summed E-state index contributed by atoms with van der Waals surface area (Å²) >= 11 is 0.